The van der Waals surface area contributed by atoms with Crippen LogP contribution in [-0.4, -0.2) is 41.5 Å². The predicted octanol–water partition coefficient (Wildman–Crippen LogP) is 3.82. The summed E-state index contributed by atoms with van der Waals surface area (Å²) in [7, 11) is 3.46. The van der Waals surface area contributed by atoms with E-state index in [-0.39, 0.29) is 17.2 Å². The van der Waals surface area contributed by atoms with E-state index >= 15 is 0 Å². The summed E-state index contributed by atoms with van der Waals surface area (Å²) in [6, 6.07) is 15.1. The molecule has 1 saturated heterocycles. The zero-order valence-electron chi connectivity index (χ0n) is 14.1. The van der Waals surface area contributed by atoms with E-state index in [1.807, 2.05) is 53.4 Å². The molecule has 0 aromatic heterocycles. The maximum atomic E-state index is 12.3. The van der Waals surface area contributed by atoms with Crippen LogP contribution in [0.1, 0.15) is 26.9 Å². The highest BCUT2D eigenvalue weighted by atomic mass is 35.5. The zero-order valence-corrected chi connectivity index (χ0v) is 15.7. The number of rotatable bonds is 4. The third-order valence-electron chi connectivity index (χ3n) is 4.08. The summed E-state index contributed by atoms with van der Waals surface area (Å²) in [4.78, 5) is 27.7. The van der Waals surface area contributed by atoms with E-state index in [0.29, 0.717) is 22.9 Å². The Morgan fingerprint density at radius 3 is 2.40 bits per heavy atom. The second-order valence-corrected chi connectivity index (χ2v) is 7.64. The Balaban J connectivity index is 1.79. The van der Waals surface area contributed by atoms with Gasteiger partial charge in [-0.2, -0.15) is 0 Å². The molecule has 2 aromatic carbocycles. The molecule has 1 fully saturated rings. The Bertz CT molecular complexity index is 775. The van der Waals surface area contributed by atoms with Gasteiger partial charge in [0.2, 0.25) is 5.91 Å². The van der Waals surface area contributed by atoms with Crippen molar-refractivity contribution in [2.75, 3.05) is 19.8 Å². The van der Waals surface area contributed by atoms with Gasteiger partial charge in [-0.05, 0) is 35.4 Å². The highest BCUT2D eigenvalue weighted by molar-refractivity contribution is 8.00. The van der Waals surface area contributed by atoms with Crippen molar-refractivity contribution in [1.29, 1.82) is 0 Å². The Morgan fingerprint density at radius 1 is 1.16 bits per heavy atom. The van der Waals surface area contributed by atoms with Gasteiger partial charge in [0.15, 0.2) is 0 Å². The van der Waals surface area contributed by atoms with Gasteiger partial charge in [0.25, 0.3) is 5.91 Å². The van der Waals surface area contributed by atoms with Crippen molar-refractivity contribution >= 4 is 35.2 Å². The number of benzene rings is 2. The molecule has 25 heavy (non-hydrogen) atoms. The fourth-order valence-electron chi connectivity index (χ4n) is 2.74. The van der Waals surface area contributed by atoms with Crippen LogP contribution in [0, 0.1) is 0 Å². The van der Waals surface area contributed by atoms with Gasteiger partial charge in [-0.3, -0.25) is 9.59 Å². The molecule has 1 heterocycles. The molecule has 0 unspecified atom stereocenters. The molecule has 0 saturated carbocycles. The number of hydrogen-bond acceptors (Lipinski definition) is 3. The van der Waals surface area contributed by atoms with E-state index in [0.717, 1.165) is 11.1 Å². The summed E-state index contributed by atoms with van der Waals surface area (Å²) in [6.45, 7) is 0.548. The first-order valence-corrected chi connectivity index (χ1v) is 9.35. The standard InChI is InChI=1S/C19H19ClN2O2S/c1-21(2)18(24)14-5-7-15(8-6-14)19-22(17(23)12-25-19)11-13-3-9-16(20)10-4-13/h3-10,19H,11-12H2,1-2H3/t19-/m1/s1. The molecule has 0 bridgehead atoms. The van der Waals surface area contributed by atoms with Crippen LogP contribution < -0.4 is 0 Å². The highest BCUT2D eigenvalue weighted by Gasteiger charge is 2.32. The highest BCUT2D eigenvalue weighted by Crippen LogP contribution is 2.39. The monoisotopic (exact) mass is 374 g/mol. The number of carbonyl (C=O) groups excluding carboxylic acids is 2. The first-order valence-electron chi connectivity index (χ1n) is 7.93. The second kappa shape index (κ2) is 7.50. The van der Waals surface area contributed by atoms with Gasteiger partial charge in [0, 0.05) is 31.2 Å². The van der Waals surface area contributed by atoms with Gasteiger partial charge in [-0.1, -0.05) is 35.9 Å². The molecule has 2 amide bonds. The van der Waals surface area contributed by atoms with Crippen LogP contribution in [0.4, 0.5) is 0 Å². The van der Waals surface area contributed by atoms with Gasteiger partial charge in [-0.25, -0.2) is 0 Å². The van der Waals surface area contributed by atoms with E-state index in [1.165, 1.54) is 0 Å². The molecule has 0 aliphatic carbocycles. The lowest BCUT2D eigenvalue weighted by Crippen LogP contribution is -2.27. The van der Waals surface area contributed by atoms with E-state index in [1.54, 1.807) is 30.8 Å². The molecule has 1 aliphatic heterocycles. The lowest BCUT2D eigenvalue weighted by atomic mass is 10.1. The average molecular weight is 375 g/mol. The molecular formula is C19H19ClN2O2S. The van der Waals surface area contributed by atoms with Gasteiger partial charge in [0.1, 0.15) is 5.37 Å². The second-order valence-electron chi connectivity index (χ2n) is 6.13. The first-order chi connectivity index (χ1) is 12.0. The maximum Gasteiger partial charge on any atom is 0.253 e. The van der Waals surface area contributed by atoms with Crippen molar-refractivity contribution in [3.8, 4) is 0 Å². The molecule has 0 radical (unpaired) electrons. The van der Waals surface area contributed by atoms with Crippen LogP contribution in [0.5, 0.6) is 0 Å². The minimum absolute atomic E-state index is 0.0280. The molecule has 1 atom stereocenters. The Labute approximate surface area is 156 Å². The fourth-order valence-corrected chi connectivity index (χ4v) is 4.05. The quantitative estimate of drug-likeness (QED) is 0.816. The minimum Gasteiger partial charge on any atom is -0.345 e. The summed E-state index contributed by atoms with van der Waals surface area (Å²) in [5, 5.41) is 0.648. The Morgan fingerprint density at radius 2 is 1.80 bits per heavy atom. The average Bonchev–Trinajstić information content (AvgIpc) is 2.97. The largest absolute Gasteiger partial charge is 0.345 e. The summed E-state index contributed by atoms with van der Waals surface area (Å²) >= 11 is 7.54. The first kappa shape index (κ1) is 17.8. The third kappa shape index (κ3) is 3.99. The smallest absolute Gasteiger partial charge is 0.253 e. The number of amides is 2. The molecule has 1 aliphatic rings. The van der Waals surface area contributed by atoms with E-state index in [4.69, 9.17) is 11.6 Å². The maximum absolute atomic E-state index is 12.3. The molecule has 2 aromatic rings. The van der Waals surface area contributed by atoms with E-state index in [2.05, 4.69) is 0 Å². The van der Waals surface area contributed by atoms with Crippen LogP contribution in [0.3, 0.4) is 0 Å². The number of halogens is 1. The summed E-state index contributed by atoms with van der Waals surface area (Å²) in [5.41, 5.74) is 2.72. The molecule has 0 spiro atoms. The van der Waals surface area contributed by atoms with E-state index in [9.17, 15) is 9.59 Å². The number of nitrogens with zero attached hydrogens (tertiary/aromatic N) is 2. The number of hydrogen-bond donors (Lipinski definition) is 0. The molecule has 6 heteroatoms. The molecular weight excluding hydrogens is 356 g/mol. The van der Waals surface area contributed by atoms with Gasteiger partial charge >= 0.3 is 0 Å². The van der Waals surface area contributed by atoms with Gasteiger partial charge < -0.3 is 9.80 Å². The molecule has 4 nitrogen and oxygen atoms in total. The zero-order chi connectivity index (χ0) is 18.0. The lowest BCUT2D eigenvalue weighted by Gasteiger charge is -2.24. The topological polar surface area (TPSA) is 40.6 Å². The van der Waals surface area contributed by atoms with E-state index < -0.39 is 0 Å². The van der Waals surface area contributed by atoms with Crippen molar-refractivity contribution in [3.05, 3.63) is 70.2 Å². The minimum atomic E-state index is -0.0355. The van der Waals surface area contributed by atoms with Crippen LogP contribution in [0.2, 0.25) is 5.02 Å². The fraction of sp³-hybridized carbons (Fsp3) is 0.263. The van der Waals surface area contributed by atoms with Crippen LogP contribution in [0.25, 0.3) is 0 Å². The number of thioether (sulfide) groups is 1. The van der Waals surface area contributed by atoms with Crippen LogP contribution in [-0.2, 0) is 11.3 Å². The molecule has 0 N–H and O–H groups in total. The normalized spacial score (nSPS) is 17.0. The van der Waals surface area contributed by atoms with Crippen molar-refractivity contribution in [3.63, 3.8) is 0 Å². The van der Waals surface area contributed by atoms with Crippen molar-refractivity contribution in [2.24, 2.45) is 0 Å². The summed E-state index contributed by atoms with van der Waals surface area (Å²) < 4.78 is 0. The third-order valence-corrected chi connectivity index (χ3v) is 5.59. The molecule has 130 valence electrons. The number of carbonyl (C=O) groups is 2. The van der Waals surface area contributed by atoms with Gasteiger partial charge in [-0.15, -0.1) is 11.8 Å². The van der Waals surface area contributed by atoms with Gasteiger partial charge in [0.05, 0.1) is 5.75 Å². The summed E-state index contributed by atoms with van der Waals surface area (Å²) in [5.74, 6) is 0.564. The van der Waals surface area contributed by atoms with Crippen molar-refractivity contribution in [2.45, 2.75) is 11.9 Å². The van der Waals surface area contributed by atoms with Crippen LogP contribution in [0.15, 0.2) is 48.5 Å². The Hall–Kier alpha value is -1.98. The summed E-state index contributed by atoms with van der Waals surface area (Å²) in [6.07, 6.45) is 0. The van der Waals surface area contributed by atoms with Crippen molar-refractivity contribution < 1.29 is 9.59 Å². The lowest BCUT2D eigenvalue weighted by molar-refractivity contribution is -0.128. The van der Waals surface area contributed by atoms with Crippen LogP contribution >= 0.6 is 23.4 Å². The van der Waals surface area contributed by atoms with Crippen molar-refractivity contribution in [1.82, 2.24) is 9.80 Å². The molecule has 3 rings (SSSR count). The Kier molecular flexibility index (Phi) is 5.35. The predicted molar refractivity (Wildman–Crippen MR) is 102 cm³/mol. The SMILES string of the molecule is CN(C)C(=O)c1ccc([C@H]2SCC(=O)N2Cc2ccc(Cl)cc2)cc1.